The van der Waals surface area contributed by atoms with Crippen LogP contribution >= 0.6 is 11.6 Å². The molecule has 0 saturated carbocycles. The molecule has 0 bridgehead atoms. The second-order valence-electron chi connectivity index (χ2n) is 4.03. The van der Waals surface area contributed by atoms with Crippen LogP contribution in [0.5, 0.6) is 0 Å². The van der Waals surface area contributed by atoms with Crippen molar-refractivity contribution in [3.05, 3.63) is 64.7 Å². The first-order valence-corrected chi connectivity index (χ1v) is 5.76. The largest absolute Gasteiger partial charge is 0.0843 e. The van der Waals surface area contributed by atoms with Gasteiger partial charge in [0.2, 0.25) is 0 Å². The summed E-state index contributed by atoms with van der Waals surface area (Å²) in [5, 5.41) is 0.786. The van der Waals surface area contributed by atoms with Gasteiger partial charge in [-0.1, -0.05) is 48.0 Å². The lowest BCUT2D eigenvalue weighted by Gasteiger charge is -2.05. The first-order valence-electron chi connectivity index (χ1n) is 5.38. The maximum absolute atomic E-state index is 6.00. The fourth-order valence-corrected chi connectivity index (χ4v) is 2.29. The van der Waals surface area contributed by atoms with Crippen LogP contribution in [-0.2, 0) is 6.42 Å². The second-order valence-corrected chi connectivity index (χ2v) is 4.47. The number of hydrogen-bond acceptors (Lipinski definition) is 0. The van der Waals surface area contributed by atoms with Gasteiger partial charge in [-0.3, -0.25) is 0 Å². The van der Waals surface area contributed by atoms with E-state index in [1.165, 1.54) is 22.3 Å². The minimum atomic E-state index is 0.786. The first-order chi connectivity index (χ1) is 7.83. The van der Waals surface area contributed by atoms with Crippen molar-refractivity contribution in [2.24, 2.45) is 0 Å². The summed E-state index contributed by atoms with van der Waals surface area (Å²) < 4.78 is 0. The van der Waals surface area contributed by atoms with Crippen LogP contribution in [0.4, 0.5) is 0 Å². The Bertz CT molecular complexity index is 567. The lowest BCUT2D eigenvalue weighted by Crippen LogP contribution is -1.83. The van der Waals surface area contributed by atoms with Gasteiger partial charge in [-0.2, -0.15) is 0 Å². The van der Waals surface area contributed by atoms with Crippen LogP contribution in [0.25, 0.3) is 17.2 Å². The molecule has 0 radical (unpaired) electrons. The molecular formula is C15H11Cl. The average molecular weight is 227 g/mol. The summed E-state index contributed by atoms with van der Waals surface area (Å²) in [6, 6.07) is 14.6. The van der Waals surface area contributed by atoms with Crippen molar-refractivity contribution in [2.45, 2.75) is 6.42 Å². The predicted octanol–water partition coefficient (Wildman–Crippen LogP) is 4.58. The SMILES string of the molecule is Clc1cccc(-c2ccc3c(c2)C=CC3)c1. The van der Waals surface area contributed by atoms with Gasteiger partial charge in [-0.15, -0.1) is 0 Å². The predicted molar refractivity (Wildman–Crippen MR) is 69.6 cm³/mol. The third-order valence-corrected chi connectivity index (χ3v) is 3.17. The Morgan fingerprint density at radius 3 is 2.69 bits per heavy atom. The second kappa shape index (κ2) is 3.80. The average Bonchev–Trinajstić information content (AvgIpc) is 2.75. The van der Waals surface area contributed by atoms with E-state index in [2.05, 4.69) is 36.4 Å². The monoisotopic (exact) mass is 226 g/mol. The van der Waals surface area contributed by atoms with E-state index in [-0.39, 0.29) is 0 Å². The summed E-state index contributed by atoms with van der Waals surface area (Å²) in [6.45, 7) is 0. The van der Waals surface area contributed by atoms with E-state index in [4.69, 9.17) is 11.6 Å². The number of rotatable bonds is 1. The molecule has 2 aromatic rings. The Hall–Kier alpha value is -1.53. The van der Waals surface area contributed by atoms with Crippen molar-refractivity contribution < 1.29 is 0 Å². The van der Waals surface area contributed by atoms with Crippen molar-refractivity contribution in [3.8, 4) is 11.1 Å². The molecule has 0 atom stereocenters. The van der Waals surface area contributed by atoms with Gasteiger partial charge >= 0.3 is 0 Å². The molecule has 0 heterocycles. The summed E-state index contributed by atoms with van der Waals surface area (Å²) in [6.07, 6.45) is 5.45. The summed E-state index contributed by atoms with van der Waals surface area (Å²) in [5.74, 6) is 0. The molecule has 0 unspecified atom stereocenters. The Morgan fingerprint density at radius 2 is 1.81 bits per heavy atom. The first kappa shape index (κ1) is 9.68. The zero-order valence-electron chi connectivity index (χ0n) is 8.78. The van der Waals surface area contributed by atoms with Gasteiger partial charge in [0.05, 0.1) is 0 Å². The molecule has 1 aliphatic rings. The van der Waals surface area contributed by atoms with Gasteiger partial charge in [0.25, 0.3) is 0 Å². The number of halogens is 1. The molecule has 0 aliphatic heterocycles. The molecule has 1 heteroatoms. The molecule has 0 nitrogen and oxygen atoms in total. The van der Waals surface area contributed by atoms with E-state index in [0.717, 1.165) is 11.4 Å². The quantitative estimate of drug-likeness (QED) is 0.668. The highest BCUT2D eigenvalue weighted by Crippen LogP contribution is 2.28. The van der Waals surface area contributed by atoms with E-state index in [1.54, 1.807) is 0 Å². The summed E-state index contributed by atoms with van der Waals surface area (Å²) in [5.41, 5.74) is 5.15. The minimum Gasteiger partial charge on any atom is -0.0843 e. The van der Waals surface area contributed by atoms with Crippen LogP contribution in [0.3, 0.4) is 0 Å². The summed E-state index contributed by atoms with van der Waals surface area (Å²) >= 11 is 6.00. The third-order valence-electron chi connectivity index (χ3n) is 2.94. The van der Waals surface area contributed by atoms with Crippen molar-refractivity contribution in [1.29, 1.82) is 0 Å². The number of hydrogen-bond donors (Lipinski definition) is 0. The minimum absolute atomic E-state index is 0.786. The molecule has 0 fully saturated rings. The smallest absolute Gasteiger partial charge is 0.0412 e. The Morgan fingerprint density at radius 1 is 0.938 bits per heavy atom. The summed E-state index contributed by atoms with van der Waals surface area (Å²) in [4.78, 5) is 0. The molecule has 0 N–H and O–H groups in total. The van der Waals surface area contributed by atoms with Crippen molar-refractivity contribution in [2.75, 3.05) is 0 Å². The molecule has 2 aromatic carbocycles. The van der Waals surface area contributed by atoms with Crippen molar-refractivity contribution in [3.63, 3.8) is 0 Å². The fraction of sp³-hybridized carbons (Fsp3) is 0.0667. The van der Waals surface area contributed by atoms with E-state index >= 15 is 0 Å². The van der Waals surface area contributed by atoms with Crippen LogP contribution < -0.4 is 0 Å². The Balaban J connectivity index is 2.10. The van der Waals surface area contributed by atoms with Gasteiger partial charge in [0.1, 0.15) is 0 Å². The van der Waals surface area contributed by atoms with Gasteiger partial charge in [-0.25, -0.2) is 0 Å². The molecule has 0 amide bonds. The highest BCUT2D eigenvalue weighted by molar-refractivity contribution is 6.30. The van der Waals surface area contributed by atoms with Gasteiger partial charge in [0.15, 0.2) is 0 Å². The zero-order chi connectivity index (χ0) is 11.0. The zero-order valence-corrected chi connectivity index (χ0v) is 9.54. The van der Waals surface area contributed by atoms with Crippen LogP contribution in [-0.4, -0.2) is 0 Å². The Labute approximate surface area is 100 Å². The maximum atomic E-state index is 6.00. The maximum Gasteiger partial charge on any atom is 0.0412 e. The molecule has 3 rings (SSSR count). The highest BCUT2D eigenvalue weighted by atomic mass is 35.5. The number of benzene rings is 2. The van der Waals surface area contributed by atoms with Crippen LogP contribution in [0, 0.1) is 0 Å². The molecule has 0 saturated heterocycles. The van der Waals surface area contributed by atoms with Crippen LogP contribution in [0.2, 0.25) is 5.02 Å². The van der Waals surface area contributed by atoms with E-state index in [9.17, 15) is 0 Å². The van der Waals surface area contributed by atoms with Crippen LogP contribution in [0.15, 0.2) is 48.5 Å². The number of fused-ring (bicyclic) bond motifs is 1. The van der Waals surface area contributed by atoms with Crippen LogP contribution in [0.1, 0.15) is 11.1 Å². The summed E-state index contributed by atoms with van der Waals surface area (Å²) in [7, 11) is 0. The van der Waals surface area contributed by atoms with Gasteiger partial charge in [0, 0.05) is 5.02 Å². The molecule has 0 spiro atoms. The van der Waals surface area contributed by atoms with E-state index < -0.39 is 0 Å². The third kappa shape index (κ3) is 1.66. The van der Waals surface area contributed by atoms with Gasteiger partial charge < -0.3 is 0 Å². The Kier molecular flexibility index (Phi) is 2.30. The number of allylic oxidation sites excluding steroid dienone is 1. The molecule has 78 valence electrons. The molecular weight excluding hydrogens is 216 g/mol. The standard InChI is InChI=1S/C15H11Cl/c16-15-6-2-5-13(10-15)14-8-7-11-3-1-4-12(11)9-14/h1-2,4-10H,3H2. The van der Waals surface area contributed by atoms with E-state index in [0.29, 0.717) is 0 Å². The fourth-order valence-electron chi connectivity index (χ4n) is 2.10. The van der Waals surface area contributed by atoms with Crippen molar-refractivity contribution in [1.82, 2.24) is 0 Å². The molecule has 16 heavy (non-hydrogen) atoms. The molecule has 0 aromatic heterocycles. The lowest BCUT2D eigenvalue weighted by molar-refractivity contribution is 1.31. The lowest BCUT2D eigenvalue weighted by atomic mass is 10.0. The van der Waals surface area contributed by atoms with Crippen molar-refractivity contribution >= 4 is 17.7 Å². The molecule has 1 aliphatic carbocycles. The van der Waals surface area contributed by atoms with E-state index in [1.807, 2.05) is 18.2 Å². The normalized spacial score (nSPS) is 12.8. The topological polar surface area (TPSA) is 0 Å². The van der Waals surface area contributed by atoms with Gasteiger partial charge in [-0.05, 0) is 46.9 Å². The highest BCUT2D eigenvalue weighted by Gasteiger charge is 2.06.